The van der Waals surface area contributed by atoms with E-state index in [1.165, 1.54) is 68.3 Å². The summed E-state index contributed by atoms with van der Waals surface area (Å²) in [4.78, 5) is 1.17. The van der Waals surface area contributed by atoms with Crippen LogP contribution in [0.2, 0.25) is 0 Å². The number of hydrogen-bond donors (Lipinski definition) is 3. The second-order valence-corrected chi connectivity index (χ2v) is 12.4. The summed E-state index contributed by atoms with van der Waals surface area (Å²) < 4.78 is 0. The van der Waals surface area contributed by atoms with E-state index in [0.717, 1.165) is 13.1 Å². The van der Waals surface area contributed by atoms with Gasteiger partial charge in [-0.1, -0.05) is 42.5 Å². The Balaban J connectivity index is 1.41. The van der Waals surface area contributed by atoms with Crippen molar-refractivity contribution in [2.45, 2.75) is 81.7 Å². The van der Waals surface area contributed by atoms with E-state index in [1.54, 1.807) is 0 Å². The van der Waals surface area contributed by atoms with Gasteiger partial charge in [0.25, 0.3) is 0 Å². The highest BCUT2D eigenvalue weighted by Crippen LogP contribution is 2.68. The molecule has 4 N–H and O–H groups in total. The van der Waals surface area contributed by atoms with Crippen LogP contribution in [0.15, 0.2) is 30.3 Å². The predicted molar refractivity (Wildman–Crippen MR) is 138 cm³/mol. The minimum atomic E-state index is 0.143. The van der Waals surface area contributed by atoms with Gasteiger partial charge in [-0.3, -0.25) is 0 Å². The molecule has 32 heavy (non-hydrogen) atoms. The van der Waals surface area contributed by atoms with Gasteiger partial charge in [0, 0.05) is 29.4 Å². The molecule has 5 aliphatic carbocycles. The first-order valence-corrected chi connectivity index (χ1v) is 13.7. The zero-order chi connectivity index (χ0) is 22.4. The molecule has 0 saturated heterocycles. The number of benzene rings is 1. The van der Waals surface area contributed by atoms with Crippen molar-refractivity contribution >= 4 is 28.8 Å². The predicted octanol–water partition coefficient (Wildman–Crippen LogP) is 5.16. The maximum atomic E-state index is 6.27. The van der Waals surface area contributed by atoms with Crippen molar-refractivity contribution in [2.75, 3.05) is 19.0 Å². The van der Waals surface area contributed by atoms with Crippen LogP contribution < -0.4 is 16.4 Å². The van der Waals surface area contributed by atoms with Gasteiger partial charge in [0.2, 0.25) is 0 Å². The Bertz CT molecular complexity index is 803. The van der Waals surface area contributed by atoms with Crippen LogP contribution in [0.25, 0.3) is 0 Å². The fourth-order valence-electron chi connectivity index (χ4n) is 8.20. The number of halogens is 1. The lowest BCUT2D eigenvalue weighted by Gasteiger charge is -2.69. The van der Waals surface area contributed by atoms with Crippen molar-refractivity contribution < 1.29 is 0 Å². The van der Waals surface area contributed by atoms with Gasteiger partial charge in [-0.2, -0.15) is 0 Å². The quantitative estimate of drug-likeness (QED) is 0.378. The average molecular weight is 474 g/mol. The molecule has 4 bridgehead atoms. The zero-order valence-electron chi connectivity index (χ0n) is 19.5. The van der Waals surface area contributed by atoms with Gasteiger partial charge in [0.15, 0.2) is 0 Å². The van der Waals surface area contributed by atoms with Crippen LogP contribution in [-0.4, -0.2) is 35.5 Å². The molecular formula is C27H40ClN3S. The summed E-state index contributed by atoms with van der Waals surface area (Å²) >= 11 is 12.4. The Labute approximate surface area is 204 Å². The van der Waals surface area contributed by atoms with Crippen LogP contribution in [0, 0.1) is 23.2 Å². The number of nitrogens with one attached hydrogen (secondary N) is 2. The fraction of sp³-hybridized carbons (Fsp3) is 0.741. The summed E-state index contributed by atoms with van der Waals surface area (Å²) in [6, 6.07) is 11.9. The van der Waals surface area contributed by atoms with Crippen LogP contribution in [0.4, 0.5) is 0 Å². The molecule has 5 aliphatic rings. The molecule has 5 saturated carbocycles. The van der Waals surface area contributed by atoms with E-state index in [2.05, 4.69) is 47.9 Å². The molecule has 1 aromatic rings. The van der Waals surface area contributed by atoms with E-state index in [0.29, 0.717) is 29.7 Å². The number of alkyl halides is 1. The number of nitrogens with two attached hydrogens (primary N) is 1. The molecule has 0 heterocycles. The smallest absolute Gasteiger partial charge is 0.0818 e. The second kappa shape index (κ2) is 8.83. The molecule has 2 atom stereocenters. The number of hydrogen-bond acceptors (Lipinski definition) is 3. The highest BCUT2D eigenvalue weighted by molar-refractivity contribution is 7.80. The van der Waals surface area contributed by atoms with Crippen LogP contribution in [0.5, 0.6) is 0 Å². The van der Waals surface area contributed by atoms with Crippen molar-refractivity contribution in [2.24, 2.45) is 28.9 Å². The van der Waals surface area contributed by atoms with Gasteiger partial charge in [-0.05, 0) is 100.0 Å². The molecule has 0 radical (unpaired) electrons. The molecule has 2 unspecified atom stereocenters. The van der Waals surface area contributed by atoms with Gasteiger partial charge < -0.3 is 16.4 Å². The van der Waals surface area contributed by atoms with Crippen LogP contribution in [0.1, 0.15) is 70.3 Å². The minimum Gasteiger partial charge on any atom is -0.376 e. The molecule has 5 fully saturated rings. The highest BCUT2D eigenvalue weighted by Gasteiger charge is 2.66. The maximum absolute atomic E-state index is 6.27. The molecule has 1 aromatic carbocycles. The number of thiocarbonyl (C=S) groups is 1. The van der Waals surface area contributed by atoms with Gasteiger partial charge >= 0.3 is 0 Å². The third kappa shape index (κ3) is 3.83. The lowest BCUT2D eigenvalue weighted by molar-refractivity contribution is -0.103. The summed E-state index contributed by atoms with van der Waals surface area (Å²) in [6.45, 7) is 4.20. The Morgan fingerprint density at radius 1 is 1.06 bits per heavy atom. The van der Waals surface area contributed by atoms with E-state index in [9.17, 15) is 0 Å². The first-order chi connectivity index (χ1) is 15.4. The van der Waals surface area contributed by atoms with Crippen molar-refractivity contribution in [3.8, 4) is 0 Å². The Morgan fingerprint density at radius 3 is 2.31 bits per heavy atom. The molecule has 3 nitrogen and oxygen atoms in total. The summed E-state index contributed by atoms with van der Waals surface area (Å²) in [7, 11) is 0. The molecule has 0 amide bonds. The first kappa shape index (κ1) is 23.1. The fourth-order valence-corrected chi connectivity index (χ4v) is 8.70. The van der Waals surface area contributed by atoms with E-state index in [4.69, 9.17) is 29.6 Å². The monoisotopic (exact) mass is 473 g/mol. The van der Waals surface area contributed by atoms with E-state index in [1.807, 2.05) is 0 Å². The molecular weight excluding hydrogens is 434 g/mol. The third-order valence-electron chi connectivity index (χ3n) is 9.91. The SMILES string of the molecule is CC1(NCCCl)C2CC3(C(=S)NC4CCC(CN)CC4)CC1CC(c1ccccc1)(C2)C3. The van der Waals surface area contributed by atoms with Crippen LogP contribution in [-0.2, 0) is 5.41 Å². The molecule has 176 valence electrons. The van der Waals surface area contributed by atoms with E-state index in [-0.39, 0.29) is 16.4 Å². The van der Waals surface area contributed by atoms with Gasteiger partial charge in [-0.25, -0.2) is 0 Å². The van der Waals surface area contributed by atoms with Crippen molar-refractivity contribution in [1.82, 2.24) is 10.6 Å². The summed E-state index contributed by atoms with van der Waals surface area (Å²) in [5.41, 5.74) is 8.03. The minimum absolute atomic E-state index is 0.143. The summed E-state index contributed by atoms with van der Waals surface area (Å²) in [5.74, 6) is 2.66. The number of rotatable bonds is 7. The third-order valence-corrected chi connectivity index (χ3v) is 10.6. The molecule has 5 heteroatoms. The Hall–Kier alpha value is -0.680. The van der Waals surface area contributed by atoms with Gasteiger partial charge in [0.05, 0.1) is 4.99 Å². The molecule has 0 aliphatic heterocycles. The normalized spacial score (nSPS) is 42.7. The standard InChI is InChI=1S/C27H40ClN3S/c1-25(30-12-11-28)21-13-26(20-5-3-2-4-6-20)14-22(25)16-27(15-21,18-26)24(32)31-23-9-7-19(17-29)8-10-23/h2-6,19,21-23,30H,7-18,29H2,1H3,(H,31,32). The largest absolute Gasteiger partial charge is 0.376 e. The average Bonchev–Trinajstić information content (AvgIpc) is 2.82. The molecule has 6 rings (SSSR count). The lowest BCUT2D eigenvalue weighted by atomic mass is 9.38. The summed E-state index contributed by atoms with van der Waals surface area (Å²) in [5, 5.41) is 7.81. The van der Waals surface area contributed by atoms with E-state index >= 15 is 0 Å². The van der Waals surface area contributed by atoms with Gasteiger partial charge in [0.1, 0.15) is 0 Å². The van der Waals surface area contributed by atoms with Crippen LogP contribution in [0.3, 0.4) is 0 Å². The van der Waals surface area contributed by atoms with E-state index < -0.39 is 0 Å². The molecule has 0 aromatic heterocycles. The Morgan fingerprint density at radius 2 is 1.72 bits per heavy atom. The second-order valence-electron chi connectivity index (χ2n) is 11.6. The van der Waals surface area contributed by atoms with Crippen molar-refractivity contribution in [3.63, 3.8) is 0 Å². The zero-order valence-corrected chi connectivity index (χ0v) is 21.1. The Kier molecular flexibility index (Phi) is 6.37. The van der Waals surface area contributed by atoms with Crippen molar-refractivity contribution in [1.29, 1.82) is 0 Å². The molecule has 0 spiro atoms. The summed E-state index contributed by atoms with van der Waals surface area (Å²) in [6.07, 6.45) is 11.1. The maximum Gasteiger partial charge on any atom is 0.0818 e. The van der Waals surface area contributed by atoms with Crippen LogP contribution >= 0.6 is 23.8 Å². The first-order valence-electron chi connectivity index (χ1n) is 12.8. The highest BCUT2D eigenvalue weighted by atomic mass is 35.5. The van der Waals surface area contributed by atoms with Crippen molar-refractivity contribution in [3.05, 3.63) is 35.9 Å². The van der Waals surface area contributed by atoms with Gasteiger partial charge in [-0.15, -0.1) is 11.6 Å². The lowest BCUT2D eigenvalue weighted by Crippen LogP contribution is -2.71. The topological polar surface area (TPSA) is 50.1 Å².